The first-order chi connectivity index (χ1) is 8.83. The highest BCUT2D eigenvalue weighted by Gasteiger charge is 2.09. The predicted octanol–water partition coefficient (Wildman–Crippen LogP) is 1.44. The van der Waals surface area contributed by atoms with Crippen molar-refractivity contribution in [3.8, 4) is 0 Å². The number of anilines is 1. The fourth-order valence-electron chi connectivity index (χ4n) is 1.79. The smallest absolute Gasteiger partial charge is 0.145 e. The minimum atomic E-state index is 0.0375. The van der Waals surface area contributed by atoms with E-state index >= 15 is 0 Å². The molecule has 2 aromatic rings. The van der Waals surface area contributed by atoms with Crippen LogP contribution in [-0.2, 0) is 4.74 Å². The van der Waals surface area contributed by atoms with Gasteiger partial charge in [0.05, 0.1) is 29.9 Å². The van der Waals surface area contributed by atoms with Crippen LogP contribution in [-0.4, -0.2) is 41.4 Å². The van der Waals surface area contributed by atoms with Crippen molar-refractivity contribution in [3.63, 3.8) is 0 Å². The minimum absolute atomic E-state index is 0.0375. The zero-order valence-electron chi connectivity index (χ0n) is 10.3. The summed E-state index contributed by atoms with van der Waals surface area (Å²) in [5.41, 5.74) is 1.72. The minimum Gasteiger partial charge on any atom is -0.396 e. The molecule has 1 heterocycles. The Labute approximate surface area is 106 Å². The Balaban J connectivity index is 2.14. The normalized spacial score (nSPS) is 12.6. The Morgan fingerprint density at radius 1 is 1.33 bits per heavy atom. The molecule has 0 radical (unpaired) electrons. The molecule has 0 spiro atoms. The van der Waals surface area contributed by atoms with Gasteiger partial charge in [-0.3, -0.25) is 4.98 Å². The molecule has 1 unspecified atom stereocenters. The van der Waals surface area contributed by atoms with E-state index in [9.17, 15) is 0 Å². The van der Waals surface area contributed by atoms with Gasteiger partial charge in [-0.2, -0.15) is 0 Å². The Bertz CT molecular complexity index is 498. The molecule has 5 heteroatoms. The van der Waals surface area contributed by atoms with Crippen molar-refractivity contribution in [3.05, 3.63) is 30.5 Å². The van der Waals surface area contributed by atoms with Gasteiger partial charge in [-0.1, -0.05) is 12.1 Å². The van der Waals surface area contributed by atoms with Crippen LogP contribution in [0.15, 0.2) is 30.5 Å². The number of nitrogens with one attached hydrogen (secondary N) is 1. The number of hydrogen-bond acceptors (Lipinski definition) is 5. The summed E-state index contributed by atoms with van der Waals surface area (Å²) in [6, 6.07) is 7.75. The molecular formula is C13H17N3O2. The van der Waals surface area contributed by atoms with Crippen molar-refractivity contribution < 1.29 is 9.84 Å². The molecule has 0 saturated heterocycles. The number of aliphatic hydroxyl groups is 1. The van der Waals surface area contributed by atoms with Crippen molar-refractivity contribution in [2.24, 2.45) is 0 Å². The van der Waals surface area contributed by atoms with E-state index in [1.807, 2.05) is 24.3 Å². The van der Waals surface area contributed by atoms with Crippen LogP contribution >= 0.6 is 0 Å². The highest BCUT2D eigenvalue weighted by atomic mass is 16.5. The molecule has 5 nitrogen and oxygen atoms in total. The number of nitrogens with zero attached hydrogens (tertiary/aromatic N) is 2. The van der Waals surface area contributed by atoms with Crippen LogP contribution in [0.4, 0.5) is 5.82 Å². The van der Waals surface area contributed by atoms with Crippen molar-refractivity contribution in [1.29, 1.82) is 0 Å². The van der Waals surface area contributed by atoms with Gasteiger partial charge in [0.25, 0.3) is 0 Å². The van der Waals surface area contributed by atoms with E-state index in [4.69, 9.17) is 9.84 Å². The SMILES string of the molecule is COCC(CCO)Nc1cnc2ccccc2n1. The summed E-state index contributed by atoms with van der Waals surface area (Å²) in [5, 5.41) is 12.2. The first kappa shape index (κ1) is 12.7. The molecular weight excluding hydrogens is 230 g/mol. The second-order valence-corrected chi connectivity index (χ2v) is 4.05. The van der Waals surface area contributed by atoms with Crippen molar-refractivity contribution in [2.75, 3.05) is 25.6 Å². The lowest BCUT2D eigenvalue weighted by molar-refractivity contribution is 0.170. The number of ether oxygens (including phenoxy) is 1. The van der Waals surface area contributed by atoms with Crippen LogP contribution in [0.2, 0.25) is 0 Å². The Morgan fingerprint density at radius 2 is 2.11 bits per heavy atom. The second-order valence-electron chi connectivity index (χ2n) is 4.05. The van der Waals surface area contributed by atoms with Crippen molar-refractivity contribution in [2.45, 2.75) is 12.5 Å². The first-order valence-electron chi connectivity index (χ1n) is 5.91. The number of aliphatic hydroxyl groups excluding tert-OH is 1. The van der Waals surface area contributed by atoms with Gasteiger partial charge in [0.2, 0.25) is 0 Å². The van der Waals surface area contributed by atoms with Gasteiger partial charge < -0.3 is 15.2 Å². The Hall–Kier alpha value is -1.72. The van der Waals surface area contributed by atoms with E-state index < -0.39 is 0 Å². The summed E-state index contributed by atoms with van der Waals surface area (Å²) < 4.78 is 5.09. The third-order valence-corrected chi connectivity index (χ3v) is 2.65. The van der Waals surface area contributed by atoms with Gasteiger partial charge in [-0.15, -0.1) is 0 Å². The molecule has 96 valence electrons. The van der Waals surface area contributed by atoms with Crippen LogP contribution in [0.25, 0.3) is 11.0 Å². The lowest BCUT2D eigenvalue weighted by atomic mass is 10.2. The maximum Gasteiger partial charge on any atom is 0.145 e. The van der Waals surface area contributed by atoms with Crippen molar-refractivity contribution >= 4 is 16.9 Å². The molecule has 0 aliphatic carbocycles. The van der Waals surface area contributed by atoms with Crippen LogP contribution < -0.4 is 5.32 Å². The molecule has 1 atom stereocenters. The molecule has 2 rings (SSSR count). The highest BCUT2D eigenvalue weighted by molar-refractivity contribution is 5.75. The predicted molar refractivity (Wildman–Crippen MR) is 70.5 cm³/mol. The van der Waals surface area contributed by atoms with E-state index in [1.54, 1.807) is 13.3 Å². The maximum absolute atomic E-state index is 8.98. The number of hydrogen-bond donors (Lipinski definition) is 2. The lowest BCUT2D eigenvalue weighted by Crippen LogP contribution is -2.26. The van der Waals surface area contributed by atoms with E-state index in [1.165, 1.54) is 0 Å². The molecule has 2 N–H and O–H groups in total. The largest absolute Gasteiger partial charge is 0.396 e. The van der Waals surface area contributed by atoms with E-state index in [2.05, 4.69) is 15.3 Å². The Kier molecular flexibility index (Phi) is 4.44. The van der Waals surface area contributed by atoms with Crippen LogP contribution in [0.1, 0.15) is 6.42 Å². The summed E-state index contributed by atoms with van der Waals surface area (Å²) in [5.74, 6) is 0.698. The molecule has 0 saturated carbocycles. The summed E-state index contributed by atoms with van der Waals surface area (Å²) in [4.78, 5) is 8.79. The molecule has 0 aliphatic rings. The summed E-state index contributed by atoms with van der Waals surface area (Å²) in [6.07, 6.45) is 2.31. The summed E-state index contributed by atoms with van der Waals surface area (Å²) in [7, 11) is 1.64. The fourth-order valence-corrected chi connectivity index (χ4v) is 1.79. The molecule has 0 aliphatic heterocycles. The quantitative estimate of drug-likeness (QED) is 0.808. The van der Waals surface area contributed by atoms with Crippen molar-refractivity contribution in [1.82, 2.24) is 9.97 Å². The van der Waals surface area contributed by atoms with E-state index in [0.29, 0.717) is 18.8 Å². The monoisotopic (exact) mass is 247 g/mol. The lowest BCUT2D eigenvalue weighted by Gasteiger charge is -2.17. The number of para-hydroxylation sites is 2. The number of fused-ring (bicyclic) bond motifs is 1. The van der Waals surface area contributed by atoms with Gasteiger partial charge in [0.15, 0.2) is 0 Å². The number of benzene rings is 1. The third kappa shape index (κ3) is 3.15. The topological polar surface area (TPSA) is 67.3 Å². The summed E-state index contributed by atoms with van der Waals surface area (Å²) >= 11 is 0. The molecule has 0 fully saturated rings. The zero-order valence-corrected chi connectivity index (χ0v) is 10.3. The highest BCUT2D eigenvalue weighted by Crippen LogP contribution is 2.12. The standard InChI is InChI=1S/C13H17N3O2/c1-18-9-10(6-7-17)15-13-8-14-11-4-2-3-5-12(11)16-13/h2-5,8,10,17H,6-7,9H2,1H3,(H,15,16). The second kappa shape index (κ2) is 6.28. The zero-order chi connectivity index (χ0) is 12.8. The molecule has 18 heavy (non-hydrogen) atoms. The fraction of sp³-hybridized carbons (Fsp3) is 0.385. The molecule has 0 bridgehead atoms. The van der Waals surface area contributed by atoms with Gasteiger partial charge in [-0.25, -0.2) is 4.98 Å². The van der Waals surface area contributed by atoms with Crippen LogP contribution in [0, 0.1) is 0 Å². The number of aromatic nitrogens is 2. The van der Waals surface area contributed by atoms with Crippen LogP contribution in [0.5, 0.6) is 0 Å². The van der Waals surface area contributed by atoms with Crippen LogP contribution in [0.3, 0.4) is 0 Å². The average molecular weight is 247 g/mol. The third-order valence-electron chi connectivity index (χ3n) is 2.65. The average Bonchev–Trinajstić information content (AvgIpc) is 2.39. The summed E-state index contributed by atoms with van der Waals surface area (Å²) in [6.45, 7) is 0.636. The van der Waals surface area contributed by atoms with Gasteiger partial charge in [-0.05, 0) is 18.6 Å². The number of rotatable bonds is 6. The first-order valence-corrected chi connectivity index (χ1v) is 5.91. The van der Waals surface area contributed by atoms with Gasteiger partial charge in [0.1, 0.15) is 5.82 Å². The number of methoxy groups -OCH3 is 1. The Morgan fingerprint density at radius 3 is 2.83 bits per heavy atom. The van der Waals surface area contributed by atoms with Gasteiger partial charge >= 0.3 is 0 Å². The molecule has 0 amide bonds. The van der Waals surface area contributed by atoms with E-state index in [0.717, 1.165) is 11.0 Å². The molecule has 1 aromatic heterocycles. The molecule has 1 aromatic carbocycles. The van der Waals surface area contributed by atoms with Gasteiger partial charge in [0, 0.05) is 13.7 Å². The van der Waals surface area contributed by atoms with E-state index in [-0.39, 0.29) is 12.6 Å². The maximum atomic E-state index is 8.98.